The van der Waals surface area contributed by atoms with E-state index in [0.29, 0.717) is 31.9 Å². The average molecular weight is 296 g/mol. The molecule has 5 heteroatoms. The Morgan fingerprint density at radius 1 is 1.29 bits per heavy atom. The van der Waals surface area contributed by atoms with Crippen molar-refractivity contribution >= 4 is 5.91 Å². The molecule has 0 radical (unpaired) electrons. The molecule has 0 atom stereocenters. The second kappa shape index (κ2) is 7.98. The molecular weight excluding hydrogens is 271 g/mol. The number of ether oxygens (including phenoxy) is 1. The molecule has 0 heterocycles. The van der Waals surface area contributed by atoms with E-state index in [1.165, 1.54) is 12.1 Å². The molecule has 21 heavy (non-hydrogen) atoms. The number of benzene rings is 1. The van der Waals surface area contributed by atoms with Crippen molar-refractivity contribution in [1.29, 1.82) is 0 Å². The lowest BCUT2D eigenvalue weighted by Gasteiger charge is -2.22. The normalized spacial score (nSPS) is 11.3. The van der Waals surface area contributed by atoms with Gasteiger partial charge >= 0.3 is 0 Å². The summed E-state index contributed by atoms with van der Waals surface area (Å²) in [6, 6.07) is 5.85. The third-order valence-corrected chi connectivity index (χ3v) is 2.93. The van der Waals surface area contributed by atoms with Gasteiger partial charge in [0, 0.05) is 25.6 Å². The summed E-state index contributed by atoms with van der Waals surface area (Å²) >= 11 is 0. The minimum absolute atomic E-state index is 0.0184. The molecule has 0 saturated carbocycles. The lowest BCUT2D eigenvalue weighted by molar-refractivity contribution is -0.130. The van der Waals surface area contributed by atoms with E-state index in [9.17, 15) is 9.18 Å². The predicted octanol–water partition coefficient (Wildman–Crippen LogP) is 2.44. The Labute approximate surface area is 126 Å². The highest BCUT2D eigenvalue weighted by atomic mass is 19.1. The van der Waals surface area contributed by atoms with Crippen molar-refractivity contribution in [2.45, 2.75) is 32.7 Å². The number of likely N-dealkylation sites (N-methyl/N-ethyl adjacent to an activating group) is 1. The van der Waals surface area contributed by atoms with Crippen LogP contribution in [0.15, 0.2) is 24.3 Å². The molecule has 0 aromatic heterocycles. The molecule has 0 aliphatic heterocycles. The lowest BCUT2D eigenvalue weighted by atomic mass is 10.1. The quantitative estimate of drug-likeness (QED) is 0.840. The fraction of sp³-hybridized carbons (Fsp3) is 0.562. The van der Waals surface area contributed by atoms with Crippen molar-refractivity contribution in [3.8, 4) is 5.75 Å². The third kappa shape index (κ3) is 7.66. The first kappa shape index (κ1) is 17.4. The monoisotopic (exact) mass is 296 g/mol. The zero-order valence-corrected chi connectivity index (χ0v) is 13.3. The summed E-state index contributed by atoms with van der Waals surface area (Å²) in [6.45, 7) is 7.75. The number of halogens is 1. The maximum atomic E-state index is 12.7. The Morgan fingerprint density at radius 3 is 2.48 bits per heavy atom. The second-order valence-corrected chi connectivity index (χ2v) is 6.04. The lowest BCUT2D eigenvalue weighted by Crippen LogP contribution is -2.39. The number of nitrogens with zero attached hydrogens (tertiary/aromatic N) is 1. The van der Waals surface area contributed by atoms with Crippen molar-refractivity contribution in [2.75, 3.05) is 26.7 Å². The Kier molecular flexibility index (Phi) is 6.62. The summed E-state index contributed by atoms with van der Waals surface area (Å²) < 4.78 is 18.2. The van der Waals surface area contributed by atoms with Crippen LogP contribution >= 0.6 is 0 Å². The standard InChI is InChI=1S/C16H25FN2O2/c1-16(2,3)18-10-9-15(20)19(4)11-12-21-14-7-5-13(17)6-8-14/h5-8,18H,9-12H2,1-4H3. The highest BCUT2D eigenvalue weighted by molar-refractivity contribution is 5.76. The van der Waals surface area contributed by atoms with E-state index < -0.39 is 0 Å². The topological polar surface area (TPSA) is 41.6 Å². The minimum Gasteiger partial charge on any atom is -0.492 e. The second-order valence-electron chi connectivity index (χ2n) is 6.04. The molecule has 118 valence electrons. The summed E-state index contributed by atoms with van der Waals surface area (Å²) in [6.07, 6.45) is 0.463. The largest absolute Gasteiger partial charge is 0.492 e. The van der Waals surface area contributed by atoms with Crippen molar-refractivity contribution in [2.24, 2.45) is 0 Å². The molecule has 0 bridgehead atoms. The number of carbonyl (C=O) groups is 1. The number of carbonyl (C=O) groups excluding carboxylic acids is 1. The highest BCUT2D eigenvalue weighted by Crippen LogP contribution is 2.10. The molecule has 1 aromatic rings. The molecule has 0 aliphatic rings. The number of rotatable bonds is 7. The van der Waals surface area contributed by atoms with Gasteiger partial charge < -0.3 is 15.0 Å². The first-order valence-corrected chi connectivity index (χ1v) is 7.15. The molecule has 0 aliphatic carbocycles. The van der Waals surface area contributed by atoms with Gasteiger partial charge in [-0.3, -0.25) is 4.79 Å². The van der Waals surface area contributed by atoms with Crippen LogP contribution in [0, 0.1) is 5.82 Å². The first-order chi connectivity index (χ1) is 9.78. The van der Waals surface area contributed by atoms with Gasteiger partial charge in [-0.2, -0.15) is 0 Å². The van der Waals surface area contributed by atoms with Crippen LogP contribution in [0.4, 0.5) is 4.39 Å². The van der Waals surface area contributed by atoms with Crippen LogP contribution in [0.2, 0.25) is 0 Å². The van der Waals surface area contributed by atoms with Gasteiger partial charge in [-0.1, -0.05) is 0 Å². The fourth-order valence-electron chi connectivity index (χ4n) is 1.69. The molecule has 4 nitrogen and oxygen atoms in total. The van der Waals surface area contributed by atoms with E-state index in [1.54, 1.807) is 24.1 Å². The van der Waals surface area contributed by atoms with Crippen molar-refractivity contribution in [3.63, 3.8) is 0 Å². The van der Waals surface area contributed by atoms with Gasteiger partial charge in [0.05, 0.1) is 6.54 Å². The van der Waals surface area contributed by atoms with Crippen molar-refractivity contribution in [3.05, 3.63) is 30.1 Å². The summed E-state index contributed by atoms with van der Waals surface area (Å²) in [5.74, 6) is 0.391. The van der Waals surface area contributed by atoms with Crippen LogP contribution in [0.3, 0.4) is 0 Å². The van der Waals surface area contributed by atoms with Gasteiger partial charge in [-0.15, -0.1) is 0 Å². The van der Waals surface area contributed by atoms with Crippen LogP contribution < -0.4 is 10.1 Å². The summed E-state index contributed by atoms with van der Waals surface area (Å²) in [4.78, 5) is 13.5. The average Bonchev–Trinajstić information content (AvgIpc) is 2.39. The van der Waals surface area contributed by atoms with Gasteiger partial charge in [0.1, 0.15) is 18.2 Å². The zero-order chi connectivity index (χ0) is 15.9. The Morgan fingerprint density at radius 2 is 1.90 bits per heavy atom. The molecule has 1 aromatic carbocycles. The minimum atomic E-state index is -0.291. The number of hydrogen-bond donors (Lipinski definition) is 1. The first-order valence-electron chi connectivity index (χ1n) is 7.15. The van der Waals surface area contributed by atoms with Crippen LogP contribution in [0.1, 0.15) is 27.2 Å². The van der Waals surface area contributed by atoms with E-state index in [1.807, 2.05) is 0 Å². The molecule has 0 unspecified atom stereocenters. The third-order valence-electron chi connectivity index (χ3n) is 2.93. The van der Waals surface area contributed by atoms with Crippen LogP contribution in [0.5, 0.6) is 5.75 Å². The molecule has 0 fully saturated rings. The highest BCUT2D eigenvalue weighted by Gasteiger charge is 2.12. The Bertz CT molecular complexity index is 441. The number of amides is 1. The summed E-state index contributed by atoms with van der Waals surface area (Å²) in [7, 11) is 1.76. The maximum absolute atomic E-state index is 12.7. The smallest absolute Gasteiger partial charge is 0.223 e. The summed E-state index contributed by atoms with van der Waals surface area (Å²) in [5, 5.41) is 3.28. The van der Waals surface area contributed by atoms with Gasteiger partial charge in [-0.05, 0) is 45.0 Å². The van der Waals surface area contributed by atoms with Crippen LogP contribution in [-0.2, 0) is 4.79 Å². The van der Waals surface area contributed by atoms with Gasteiger partial charge in [-0.25, -0.2) is 4.39 Å². The van der Waals surface area contributed by atoms with Crippen molar-refractivity contribution in [1.82, 2.24) is 10.2 Å². The molecule has 1 amide bonds. The summed E-state index contributed by atoms with van der Waals surface area (Å²) in [5.41, 5.74) is 0.0184. The van der Waals surface area contributed by atoms with E-state index in [2.05, 4.69) is 26.1 Å². The number of nitrogens with one attached hydrogen (secondary N) is 1. The molecule has 0 saturated heterocycles. The Balaban J connectivity index is 2.22. The van der Waals surface area contributed by atoms with E-state index >= 15 is 0 Å². The molecule has 1 N–H and O–H groups in total. The van der Waals surface area contributed by atoms with Crippen LogP contribution in [0.25, 0.3) is 0 Å². The SMILES string of the molecule is CN(CCOc1ccc(F)cc1)C(=O)CCNC(C)(C)C. The zero-order valence-electron chi connectivity index (χ0n) is 13.3. The maximum Gasteiger partial charge on any atom is 0.223 e. The van der Waals surface area contributed by atoms with Crippen molar-refractivity contribution < 1.29 is 13.9 Å². The fourth-order valence-corrected chi connectivity index (χ4v) is 1.69. The molecular formula is C16H25FN2O2. The van der Waals surface area contributed by atoms with Crippen LogP contribution in [-0.4, -0.2) is 43.1 Å². The molecule has 0 spiro atoms. The van der Waals surface area contributed by atoms with E-state index in [4.69, 9.17) is 4.74 Å². The van der Waals surface area contributed by atoms with E-state index in [0.717, 1.165) is 0 Å². The molecule has 1 rings (SSSR count). The predicted molar refractivity (Wildman–Crippen MR) is 81.9 cm³/mol. The van der Waals surface area contributed by atoms with E-state index in [-0.39, 0.29) is 17.3 Å². The van der Waals surface area contributed by atoms with Gasteiger partial charge in [0.25, 0.3) is 0 Å². The van der Waals surface area contributed by atoms with Gasteiger partial charge in [0.2, 0.25) is 5.91 Å². The number of hydrogen-bond acceptors (Lipinski definition) is 3. The van der Waals surface area contributed by atoms with Gasteiger partial charge in [0.15, 0.2) is 0 Å². The Hall–Kier alpha value is -1.62.